The van der Waals surface area contributed by atoms with Crippen molar-refractivity contribution in [2.24, 2.45) is 5.92 Å². The van der Waals surface area contributed by atoms with Crippen molar-refractivity contribution in [2.45, 2.75) is 39.0 Å². The van der Waals surface area contributed by atoms with Crippen molar-refractivity contribution >= 4 is 17.4 Å². The molecule has 1 fully saturated rings. The Morgan fingerprint density at radius 1 is 1.46 bits per heavy atom. The molecule has 130 valence electrons. The topological polar surface area (TPSA) is 84.0 Å². The standard InChI is InChI=1S/C16H23N5O2S/c1-10(2)15-17-13(18-19-15)8-11-4-6-21(7-5-11)16(22)12-9-14(23-3)20-24-12/h9-11H,4-8H2,1-3H3,(H,17,18,19). The van der Waals surface area contributed by atoms with Gasteiger partial charge in [0.1, 0.15) is 10.7 Å². The summed E-state index contributed by atoms with van der Waals surface area (Å²) in [6, 6.07) is 1.71. The lowest BCUT2D eigenvalue weighted by Crippen LogP contribution is -2.38. The van der Waals surface area contributed by atoms with Gasteiger partial charge >= 0.3 is 0 Å². The summed E-state index contributed by atoms with van der Waals surface area (Å²) in [4.78, 5) is 19.6. The molecule has 1 saturated heterocycles. The number of nitrogens with one attached hydrogen (secondary N) is 1. The molecule has 0 spiro atoms. The summed E-state index contributed by atoms with van der Waals surface area (Å²) in [7, 11) is 1.56. The van der Waals surface area contributed by atoms with Gasteiger partial charge in [-0.15, -0.1) is 0 Å². The van der Waals surface area contributed by atoms with Gasteiger partial charge in [-0.25, -0.2) is 4.98 Å². The second-order valence-corrected chi connectivity index (χ2v) is 7.27. The zero-order valence-corrected chi connectivity index (χ0v) is 15.1. The van der Waals surface area contributed by atoms with E-state index in [0.717, 1.165) is 44.0 Å². The maximum Gasteiger partial charge on any atom is 0.265 e. The third-order valence-electron chi connectivity index (χ3n) is 4.36. The second kappa shape index (κ2) is 7.29. The van der Waals surface area contributed by atoms with Crippen LogP contribution in [-0.4, -0.2) is 50.6 Å². The Morgan fingerprint density at radius 3 is 2.79 bits per heavy atom. The summed E-state index contributed by atoms with van der Waals surface area (Å²) in [5, 5.41) is 7.30. The van der Waals surface area contributed by atoms with E-state index in [2.05, 4.69) is 33.4 Å². The Balaban J connectivity index is 1.52. The molecule has 3 heterocycles. The van der Waals surface area contributed by atoms with Crippen LogP contribution in [0, 0.1) is 5.92 Å². The number of hydrogen-bond donors (Lipinski definition) is 1. The highest BCUT2D eigenvalue weighted by Crippen LogP contribution is 2.24. The smallest absolute Gasteiger partial charge is 0.265 e. The van der Waals surface area contributed by atoms with E-state index in [4.69, 9.17) is 4.74 Å². The van der Waals surface area contributed by atoms with Crippen LogP contribution in [0.15, 0.2) is 6.07 Å². The van der Waals surface area contributed by atoms with E-state index in [0.29, 0.717) is 22.6 Å². The number of ether oxygens (including phenoxy) is 1. The van der Waals surface area contributed by atoms with Crippen LogP contribution in [0.25, 0.3) is 0 Å². The number of aromatic amines is 1. The summed E-state index contributed by atoms with van der Waals surface area (Å²) in [6.45, 7) is 5.72. The first kappa shape index (κ1) is 16.9. The average molecular weight is 349 g/mol. The molecular formula is C16H23N5O2S. The molecular weight excluding hydrogens is 326 g/mol. The maximum absolute atomic E-state index is 12.5. The Labute approximate surface area is 145 Å². The van der Waals surface area contributed by atoms with E-state index in [-0.39, 0.29) is 5.91 Å². The number of piperidine rings is 1. The molecule has 0 aromatic carbocycles. The minimum atomic E-state index is 0.0519. The molecule has 0 unspecified atom stereocenters. The highest BCUT2D eigenvalue weighted by atomic mass is 32.1. The first-order chi connectivity index (χ1) is 11.6. The third-order valence-corrected chi connectivity index (χ3v) is 5.12. The summed E-state index contributed by atoms with van der Waals surface area (Å²) in [6.07, 6.45) is 2.87. The molecule has 7 nitrogen and oxygen atoms in total. The van der Waals surface area contributed by atoms with Gasteiger partial charge in [0.05, 0.1) is 7.11 Å². The SMILES string of the molecule is COc1cc(C(=O)N2CCC(Cc3nc(C(C)C)n[nH]3)CC2)sn1. The van der Waals surface area contributed by atoms with Gasteiger partial charge in [0, 0.05) is 31.5 Å². The van der Waals surface area contributed by atoms with Crippen LogP contribution in [0.3, 0.4) is 0 Å². The number of hydrogen-bond acceptors (Lipinski definition) is 6. The van der Waals surface area contributed by atoms with Crippen LogP contribution in [0.1, 0.15) is 53.9 Å². The van der Waals surface area contributed by atoms with Gasteiger partial charge in [0.15, 0.2) is 5.82 Å². The monoisotopic (exact) mass is 349 g/mol. The van der Waals surface area contributed by atoms with E-state index in [1.807, 2.05) is 4.90 Å². The quantitative estimate of drug-likeness (QED) is 0.896. The van der Waals surface area contributed by atoms with Crippen LogP contribution < -0.4 is 4.74 Å². The first-order valence-electron chi connectivity index (χ1n) is 8.28. The molecule has 2 aromatic rings. The maximum atomic E-state index is 12.5. The van der Waals surface area contributed by atoms with Gasteiger partial charge < -0.3 is 9.64 Å². The number of H-pyrrole nitrogens is 1. The fraction of sp³-hybridized carbons (Fsp3) is 0.625. The second-order valence-electron chi connectivity index (χ2n) is 6.47. The molecule has 8 heteroatoms. The van der Waals surface area contributed by atoms with Gasteiger partial charge in [0.25, 0.3) is 5.91 Å². The van der Waals surface area contributed by atoms with Crippen LogP contribution in [-0.2, 0) is 6.42 Å². The van der Waals surface area contributed by atoms with Crippen LogP contribution in [0.2, 0.25) is 0 Å². The highest BCUT2D eigenvalue weighted by Gasteiger charge is 2.26. The molecule has 1 aliphatic heterocycles. The fourth-order valence-electron chi connectivity index (χ4n) is 2.89. The van der Waals surface area contributed by atoms with Crippen LogP contribution in [0.4, 0.5) is 0 Å². The molecule has 1 N–H and O–H groups in total. The lowest BCUT2D eigenvalue weighted by molar-refractivity contribution is 0.0694. The van der Waals surface area contributed by atoms with Gasteiger partial charge in [-0.05, 0) is 30.3 Å². The first-order valence-corrected chi connectivity index (χ1v) is 9.05. The minimum absolute atomic E-state index is 0.0519. The normalized spacial score (nSPS) is 15.9. The molecule has 3 rings (SSSR count). The lowest BCUT2D eigenvalue weighted by Gasteiger charge is -2.31. The number of carbonyl (C=O) groups is 1. The van der Waals surface area contributed by atoms with Crippen molar-refractivity contribution in [3.05, 3.63) is 22.6 Å². The predicted molar refractivity (Wildman–Crippen MR) is 91.5 cm³/mol. The number of likely N-dealkylation sites (tertiary alicyclic amines) is 1. The molecule has 0 saturated carbocycles. The molecule has 0 bridgehead atoms. The summed E-state index contributed by atoms with van der Waals surface area (Å²) in [5.41, 5.74) is 0. The number of rotatable bonds is 5. The van der Waals surface area contributed by atoms with Gasteiger partial charge in [-0.1, -0.05) is 13.8 Å². The zero-order chi connectivity index (χ0) is 17.1. The van der Waals surface area contributed by atoms with E-state index in [1.165, 1.54) is 11.5 Å². The van der Waals surface area contributed by atoms with Crippen molar-refractivity contribution < 1.29 is 9.53 Å². The molecule has 0 atom stereocenters. The molecule has 0 radical (unpaired) electrons. The molecule has 1 aliphatic rings. The Hall–Kier alpha value is -1.96. The number of amides is 1. The predicted octanol–water partition coefficient (Wildman–Crippen LogP) is 2.49. The summed E-state index contributed by atoms with van der Waals surface area (Å²) >= 11 is 1.20. The minimum Gasteiger partial charge on any atom is -0.480 e. The third kappa shape index (κ3) is 3.75. The van der Waals surface area contributed by atoms with Crippen molar-refractivity contribution in [1.82, 2.24) is 24.5 Å². The lowest BCUT2D eigenvalue weighted by atomic mass is 9.93. The highest BCUT2D eigenvalue weighted by molar-refractivity contribution is 7.08. The Morgan fingerprint density at radius 2 is 2.21 bits per heavy atom. The van der Waals surface area contributed by atoms with Gasteiger partial charge in [-0.2, -0.15) is 9.47 Å². The summed E-state index contributed by atoms with van der Waals surface area (Å²) < 4.78 is 9.14. The van der Waals surface area contributed by atoms with Crippen molar-refractivity contribution in [2.75, 3.05) is 20.2 Å². The zero-order valence-electron chi connectivity index (χ0n) is 14.3. The average Bonchev–Trinajstić information content (AvgIpc) is 3.24. The van der Waals surface area contributed by atoms with Crippen molar-refractivity contribution in [3.8, 4) is 5.88 Å². The van der Waals surface area contributed by atoms with E-state index < -0.39 is 0 Å². The van der Waals surface area contributed by atoms with E-state index in [1.54, 1.807) is 13.2 Å². The van der Waals surface area contributed by atoms with E-state index >= 15 is 0 Å². The van der Waals surface area contributed by atoms with Crippen molar-refractivity contribution in [3.63, 3.8) is 0 Å². The number of carbonyl (C=O) groups excluding carboxylic acids is 1. The molecule has 1 amide bonds. The van der Waals surface area contributed by atoms with E-state index in [9.17, 15) is 4.79 Å². The van der Waals surface area contributed by atoms with Crippen molar-refractivity contribution in [1.29, 1.82) is 0 Å². The number of nitrogens with zero attached hydrogens (tertiary/aromatic N) is 4. The fourth-order valence-corrected chi connectivity index (χ4v) is 3.56. The Bertz CT molecular complexity index is 688. The molecule has 24 heavy (non-hydrogen) atoms. The van der Waals surface area contributed by atoms with Gasteiger partial charge in [-0.3, -0.25) is 9.89 Å². The molecule has 2 aromatic heterocycles. The van der Waals surface area contributed by atoms with Crippen LogP contribution >= 0.6 is 11.5 Å². The van der Waals surface area contributed by atoms with Gasteiger partial charge in [0.2, 0.25) is 5.88 Å². The number of aromatic nitrogens is 4. The Kier molecular flexibility index (Phi) is 5.13. The summed E-state index contributed by atoms with van der Waals surface area (Å²) in [5.74, 6) is 3.26. The number of methoxy groups -OCH3 is 1. The molecule has 0 aliphatic carbocycles. The van der Waals surface area contributed by atoms with Crippen LogP contribution in [0.5, 0.6) is 5.88 Å². The largest absolute Gasteiger partial charge is 0.480 e.